The highest BCUT2D eigenvalue weighted by molar-refractivity contribution is 5.96. The molecule has 0 radical (unpaired) electrons. The Morgan fingerprint density at radius 2 is 1.77 bits per heavy atom. The summed E-state index contributed by atoms with van der Waals surface area (Å²) in [5, 5.41) is 8.49. The Morgan fingerprint density at radius 3 is 2.40 bits per heavy atom. The van der Waals surface area contributed by atoms with Crippen LogP contribution in [-0.2, 0) is 9.59 Å². The highest BCUT2D eigenvalue weighted by Crippen LogP contribution is 2.31. The van der Waals surface area contributed by atoms with E-state index < -0.39 is 11.5 Å². The van der Waals surface area contributed by atoms with Crippen molar-refractivity contribution >= 4 is 23.4 Å². The molecular formula is C21H29N5O4. The van der Waals surface area contributed by atoms with Crippen LogP contribution in [0.3, 0.4) is 0 Å². The van der Waals surface area contributed by atoms with Gasteiger partial charge in [-0.05, 0) is 38.2 Å². The molecule has 4 N–H and O–H groups in total. The molecule has 9 nitrogen and oxygen atoms in total. The van der Waals surface area contributed by atoms with Gasteiger partial charge in [0.1, 0.15) is 5.56 Å². The monoisotopic (exact) mass is 415 g/mol. The number of hydrogen-bond acceptors (Lipinski definition) is 5. The summed E-state index contributed by atoms with van der Waals surface area (Å²) in [6.07, 6.45) is 8.49. The van der Waals surface area contributed by atoms with Crippen molar-refractivity contribution in [3.63, 3.8) is 0 Å². The molecule has 1 aromatic heterocycles. The van der Waals surface area contributed by atoms with Crippen LogP contribution < -0.4 is 21.5 Å². The molecule has 162 valence electrons. The topological polar surface area (TPSA) is 123 Å². The minimum atomic E-state index is -0.511. The molecule has 1 aromatic rings. The molecule has 9 heteroatoms. The van der Waals surface area contributed by atoms with Crippen molar-refractivity contribution in [1.29, 1.82) is 0 Å². The maximum atomic E-state index is 12.6. The van der Waals surface area contributed by atoms with Gasteiger partial charge in [-0.3, -0.25) is 24.1 Å². The van der Waals surface area contributed by atoms with Crippen LogP contribution >= 0.6 is 0 Å². The fourth-order valence-corrected chi connectivity index (χ4v) is 4.70. The molecule has 1 aliphatic heterocycles. The van der Waals surface area contributed by atoms with Crippen LogP contribution in [0.5, 0.6) is 0 Å². The molecule has 1 saturated heterocycles. The zero-order chi connectivity index (χ0) is 21.3. The average molecular weight is 415 g/mol. The quantitative estimate of drug-likeness (QED) is 0.545. The first-order valence-electron chi connectivity index (χ1n) is 10.8. The molecule has 3 aliphatic rings. The second-order valence-electron chi connectivity index (χ2n) is 8.64. The van der Waals surface area contributed by atoms with Gasteiger partial charge in [-0.15, -0.1) is 0 Å². The largest absolute Gasteiger partial charge is 0.352 e. The maximum absolute atomic E-state index is 12.6. The summed E-state index contributed by atoms with van der Waals surface area (Å²) in [5.41, 5.74) is -0.198. The molecule has 30 heavy (non-hydrogen) atoms. The number of likely N-dealkylation sites (tertiary alicyclic amines) is 1. The second-order valence-corrected chi connectivity index (χ2v) is 8.64. The van der Waals surface area contributed by atoms with Crippen LogP contribution in [0.2, 0.25) is 0 Å². The molecule has 1 unspecified atom stereocenters. The van der Waals surface area contributed by atoms with Crippen LogP contribution in [0, 0.1) is 0 Å². The number of rotatable bonds is 6. The predicted octanol–water partition coefficient (Wildman–Crippen LogP) is 0.727. The SMILES string of the molecule is CC(=O)Nc1c[nH]c(=O)c(C(=O)NC2CC(NC(=O)C3CCN3C3CCCC3)C2)c1. The lowest BCUT2D eigenvalue weighted by Crippen LogP contribution is -2.62. The fourth-order valence-electron chi connectivity index (χ4n) is 4.70. The number of carbonyl (C=O) groups is 3. The van der Waals surface area contributed by atoms with Crippen molar-refractivity contribution in [3.8, 4) is 0 Å². The van der Waals surface area contributed by atoms with Gasteiger partial charge in [0, 0.05) is 37.8 Å². The maximum Gasteiger partial charge on any atom is 0.260 e. The lowest BCUT2D eigenvalue weighted by atomic mass is 9.85. The van der Waals surface area contributed by atoms with Crippen molar-refractivity contribution in [1.82, 2.24) is 20.5 Å². The van der Waals surface area contributed by atoms with E-state index in [0.717, 1.165) is 13.0 Å². The summed E-state index contributed by atoms with van der Waals surface area (Å²) in [7, 11) is 0. The molecule has 0 spiro atoms. The van der Waals surface area contributed by atoms with Gasteiger partial charge in [-0.1, -0.05) is 12.8 Å². The van der Waals surface area contributed by atoms with Gasteiger partial charge >= 0.3 is 0 Å². The Kier molecular flexibility index (Phi) is 5.90. The first kappa shape index (κ1) is 20.6. The zero-order valence-electron chi connectivity index (χ0n) is 17.2. The van der Waals surface area contributed by atoms with Crippen molar-refractivity contribution in [2.45, 2.75) is 76.0 Å². The zero-order valence-corrected chi connectivity index (χ0v) is 17.2. The summed E-state index contributed by atoms with van der Waals surface area (Å²) < 4.78 is 0. The number of carbonyl (C=O) groups excluding carboxylic acids is 3. The number of nitrogens with one attached hydrogen (secondary N) is 4. The highest BCUT2D eigenvalue weighted by Gasteiger charge is 2.41. The van der Waals surface area contributed by atoms with E-state index in [2.05, 4.69) is 25.8 Å². The molecule has 1 atom stereocenters. The standard InChI is InChI=1S/C21H29N5O4/c1-12(27)23-15-10-17(19(28)22-11-15)20(29)24-13-8-14(9-13)25-21(30)18-6-7-26(18)16-4-2-3-5-16/h10-11,13-14,16,18H,2-9H2,1H3,(H,22,28)(H,23,27)(H,24,29)(H,25,30). The first-order valence-corrected chi connectivity index (χ1v) is 10.8. The molecule has 0 bridgehead atoms. The van der Waals surface area contributed by atoms with Crippen LogP contribution in [0.25, 0.3) is 0 Å². The van der Waals surface area contributed by atoms with Gasteiger partial charge in [-0.2, -0.15) is 0 Å². The van der Waals surface area contributed by atoms with Gasteiger partial charge in [0.2, 0.25) is 11.8 Å². The molecule has 3 amide bonds. The molecule has 3 fully saturated rings. The molecular weight excluding hydrogens is 386 g/mol. The van der Waals surface area contributed by atoms with E-state index in [0.29, 0.717) is 24.6 Å². The van der Waals surface area contributed by atoms with Crippen molar-refractivity contribution in [2.24, 2.45) is 0 Å². The van der Waals surface area contributed by atoms with Crippen LogP contribution in [0.1, 0.15) is 62.2 Å². The number of hydrogen-bond donors (Lipinski definition) is 4. The third kappa shape index (κ3) is 4.40. The van der Waals surface area contributed by atoms with Crippen molar-refractivity contribution < 1.29 is 14.4 Å². The van der Waals surface area contributed by atoms with Crippen molar-refractivity contribution in [3.05, 3.63) is 28.2 Å². The van der Waals surface area contributed by atoms with E-state index in [1.807, 2.05) is 0 Å². The third-order valence-electron chi connectivity index (χ3n) is 6.45. The van der Waals surface area contributed by atoms with E-state index in [4.69, 9.17) is 0 Å². The van der Waals surface area contributed by atoms with E-state index in [9.17, 15) is 19.2 Å². The lowest BCUT2D eigenvalue weighted by Gasteiger charge is -2.45. The number of pyridine rings is 1. The van der Waals surface area contributed by atoms with Gasteiger partial charge in [0.25, 0.3) is 11.5 Å². The van der Waals surface area contributed by atoms with Gasteiger partial charge in [0.15, 0.2) is 0 Å². The molecule has 0 aromatic carbocycles. The van der Waals surface area contributed by atoms with E-state index in [1.165, 1.54) is 44.9 Å². The van der Waals surface area contributed by atoms with E-state index >= 15 is 0 Å². The third-order valence-corrected chi connectivity index (χ3v) is 6.45. The molecule has 4 rings (SSSR count). The highest BCUT2D eigenvalue weighted by atomic mass is 16.2. The molecule has 2 aliphatic carbocycles. The minimum Gasteiger partial charge on any atom is -0.352 e. The van der Waals surface area contributed by atoms with Crippen LogP contribution in [0.4, 0.5) is 5.69 Å². The summed E-state index contributed by atoms with van der Waals surface area (Å²) in [6, 6.07) is 1.89. The minimum absolute atomic E-state index is 0.00295. The number of amides is 3. The van der Waals surface area contributed by atoms with E-state index in [-0.39, 0.29) is 35.5 Å². The van der Waals surface area contributed by atoms with Gasteiger partial charge in [0.05, 0.1) is 11.7 Å². The Hall–Kier alpha value is -2.68. The fraction of sp³-hybridized carbons (Fsp3) is 0.619. The molecule has 2 saturated carbocycles. The number of nitrogens with zero attached hydrogens (tertiary/aromatic N) is 1. The first-order chi connectivity index (χ1) is 14.4. The Labute approximate surface area is 175 Å². The van der Waals surface area contributed by atoms with Crippen LogP contribution in [0.15, 0.2) is 17.1 Å². The van der Waals surface area contributed by atoms with Gasteiger partial charge < -0.3 is 20.9 Å². The van der Waals surface area contributed by atoms with Gasteiger partial charge in [-0.25, -0.2) is 0 Å². The summed E-state index contributed by atoms with van der Waals surface area (Å²) in [4.78, 5) is 53.0. The summed E-state index contributed by atoms with van der Waals surface area (Å²) in [6.45, 7) is 2.36. The normalized spacial score (nSPS) is 26.4. The molecule has 2 heterocycles. The summed E-state index contributed by atoms with van der Waals surface area (Å²) in [5.74, 6) is -0.670. The number of anilines is 1. The Bertz CT molecular complexity index is 886. The van der Waals surface area contributed by atoms with Crippen LogP contribution in [-0.4, -0.2) is 58.3 Å². The number of aromatic amines is 1. The average Bonchev–Trinajstić information content (AvgIpc) is 3.13. The van der Waals surface area contributed by atoms with E-state index in [1.54, 1.807) is 0 Å². The summed E-state index contributed by atoms with van der Waals surface area (Å²) >= 11 is 0. The second kappa shape index (κ2) is 8.59. The lowest BCUT2D eigenvalue weighted by molar-refractivity contribution is -0.134. The Balaban J connectivity index is 1.24. The van der Waals surface area contributed by atoms with Crippen molar-refractivity contribution in [2.75, 3.05) is 11.9 Å². The smallest absolute Gasteiger partial charge is 0.260 e. The predicted molar refractivity (Wildman–Crippen MR) is 111 cm³/mol. The number of H-pyrrole nitrogens is 1. The Morgan fingerprint density at radius 1 is 1.07 bits per heavy atom. The number of aromatic nitrogens is 1.